The zero-order valence-electron chi connectivity index (χ0n) is 9.79. The number of aliphatic hydroxyl groups is 1. The summed E-state index contributed by atoms with van der Waals surface area (Å²) in [6.07, 6.45) is 1.43. The number of hydrogen-bond donors (Lipinski definition) is 1. The Morgan fingerprint density at radius 2 is 1.80 bits per heavy atom. The van der Waals surface area contributed by atoms with Gasteiger partial charge in [0, 0.05) is 0 Å². The molecule has 2 heteroatoms. The molecule has 1 rings (SSSR count). The van der Waals surface area contributed by atoms with E-state index in [1.54, 1.807) is 0 Å². The Morgan fingerprint density at radius 1 is 1.20 bits per heavy atom. The van der Waals surface area contributed by atoms with Crippen LogP contribution < -0.4 is 4.74 Å². The van der Waals surface area contributed by atoms with Gasteiger partial charge in [0.15, 0.2) is 0 Å². The van der Waals surface area contributed by atoms with Crippen molar-refractivity contribution >= 4 is 0 Å². The predicted molar refractivity (Wildman–Crippen MR) is 62.3 cm³/mol. The van der Waals surface area contributed by atoms with E-state index >= 15 is 0 Å². The molecule has 0 aromatic heterocycles. The van der Waals surface area contributed by atoms with Crippen LogP contribution in [0.15, 0.2) is 18.2 Å². The summed E-state index contributed by atoms with van der Waals surface area (Å²) in [4.78, 5) is 0. The number of benzene rings is 1. The highest BCUT2D eigenvalue weighted by Crippen LogP contribution is 2.16. The second kappa shape index (κ2) is 5.76. The first-order valence-corrected chi connectivity index (χ1v) is 5.51. The first-order chi connectivity index (χ1) is 7.11. The second-order valence-corrected chi connectivity index (χ2v) is 4.08. The molecule has 0 radical (unpaired) electrons. The molecule has 1 N–H and O–H groups in total. The fourth-order valence-electron chi connectivity index (χ4n) is 1.63. The molecule has 0 amide bonds. The van der Waals surface area contributed by atoms with Gasteiger partial charge < -0.3 is 9.84 Å². The van der Waals surface area contributed by atoms with Crippen molar-refractivity contribution in [3.63, 3.8) is 0 Å². The summed E-state index contributed by atoms with van der Waals surface area (Å²) in [6, 6.07) is 6.09. The molecule has 1 unspecified atom stereocenters. The SMILES string of the molecule is CCCC(O)COc1cc(C)cc(C)c1. The molecule has 1 atom stereocenters. The quantitative estimate of drug-likeness (QED) is 0.806. The zero-order valence-corrected chi connectivity index (χ0v) is 9.79. The van der Waals surface area contributed by atoms with Crippen molar-refractivity contribution < 1.29 is 9.84 Å². The van der Waals surface area contributed by atoms with E-state index in [4.69, 9.17) is 4.74 Å². The van der Waals surface area contributed by atoms with Crippen molar-refractivity contribution in [2.24, 2.45) is 0 Å². The molecule has 15 heavy (non-hydrogen) atoms. The lowest BCUT2D eigenvalue weighted by molar-refractivity contribution is 0.0993. The molecular weight excluding hydrogens is 188 g/mol. The monoisotopic (exact) mass is 208 g/mol. The molecular formula is C13H20O2. The van der Waals surface area contributed by atoms with E-state index in [0.29, 0.717) is 6.61 Å². The highest BCUT2D eigenvalue weighted by Gasteiger charge is 2.04. The van der Waals surface area contributed by atoms with E-state index < -0.39 is 0 Å². The van der Waals surface area contributed by atoms with Crippen LogP contribution in [-0.4, -0.2) is 17.8 Å². The minimum absolute atomic E-state index is 0.351. The van der Waals surface area contributed by atoms with Gasteiger partial charge in [0.05, 0.1) is 6.10 Å². The third-order valence-corrected chi connectivity index (χ3v) is 2.26. The molecule has 1 aromatic carbocycles. The van der Waals surface area contributed by atoms with Crippen molar-refractivity contribution in [3.05, 3.63) is 29.3 Å². The van der Waals surface area contributed by atoms with Crippen LogP contribution in [0.1, 0.15) is 30.9 Å². The molecule has 0 bridgehead atoms. The van der Waals surface area contributed by atoms with E-state index in [0.717, 1.165) is 18.6 Å². The van der Waals surface area contributed by atoms with Crippen LogP contribution in [0.5, 0.6) is 5.75 Å². The molecule has 2 nitrogen and oxygen atoms in total. The van der Waals surface area contributed by atoms with E-state index in [9.17, 15) is 5.11 Å². The highest BCUT2D eigenvalue weighted by molar-refractivity contribution is 5.32. The summed E-state index contributed by atoms with van der Waals surface area (Å²) >= 11 is 0. The van der Waals surface area contributed by atoms with Gasteiger partial charge in [0.2, 0.25) is 0 Å². The van der Waals surface area contributed by atoms with Crippen molar-refractivity contribution in [2.45, 2.75) is 39.7 Å². The molecule has 0 aliphatic heterocycles. The van der Waals surface area contributed by atoms with Gasteiger partial charge >= 0.3 is 0 Å². The first-order valence-electron chi connectivity index (χ1n) is 5.51. The van der Waals surface area contributed by atoms with E-state index in [1.165, 1.54) is 11.1 Å². The number of hydrogen-bond acceptors (Lipinski definition) is 2. The number of ether oxygens (including phenoxy) is 1. The van der Waals surface area contributed by atoms with E-state index in [2.05, 4.69) is 13.0 Å². The van der Waals surface area contributed by atoms with Crippen LogP contribution in [0, 0.1) is 13.8 Å². The fourth-order valence-corrected chi connectivity index (χ4v) is 1.63. The summed E-state index contributed by atoms with van der Waals surface area (Å²) in [7, 11) is 0. The molecule has 0 aliphatic rings. The third-order valence-electron chi connectivity index (χ3n) is 2.26. The largest absolute Gasteiger partial charge is 0.491 e. The molecule has 84 valence electrons. The Morgan fingerprint density at radius 3 is 2.33 bits per heavy atom. The Bertz CT molecular complexity index is 287. The molecule has 0 spiro atoms. The Kier molecular flexibility index (Phi) is 4.63. The lowest BCUT2D eigenvalue weighted by Gasteiger charge is -2.12. The maximum atomic E-state index is 9.52. The molecule has 0 heterocycles. The standard InChI is InChI=1S/C13H20O2/c1-4-5-12(14)9-15-13-7-10(2)6-11(3)8-13/h6-8,12,14H,4-5,9H2,1-3H3. The Labute approximate surface area is 91.9 Å². The van der Waals surface area contributed by atoms with Gasteiger partial charge in [0.25, 0.3) is 0 Å². The van der Waals surface area contributed by atoms with Crippen LogP contribution >= 0.6 is 0 Å². The third kappa shape index (κ3) is 4.34. The van der Waals surface area contributed by atoms with Gasteiger partial charge in [-0.1, -0.05) is 19.4 Å². The predicted octanol–water partition coefficient (Wildman–Crippen LogP) is 2.84. The summed E-state index contributed by atoms with van der Waals surface area (Å²) < 4.78 is 5.53. The summed E-state index contributed by atoms with van der Waals surface area (Å²) in [5.74, 6) is 0.850. The lowest BCUT2D eigenvalue weighted by atomic mass is 10.1. The average molecular weight is 208 g/mol. The average Bonchev–Trinajstić information content (AvgIpc) is 2.14. The molecule has 0 saturated carbocycles. The summed E-state index contributed by atoms with van der Waals surface area (Å²) in [6.45, 7) is 6.53. The van der Waals surface area contributed by atoms with E-state index in [-0.39, 0.29) is 6.10 Å². The zero-order chi connectivity index (χ0) is 11.3. The van der Waals surface area contributed by atoms with Crippen LogP contribution in [0.4, 0.5) is 0 Å². The first kappa shape index (κ1) is 12.1. The van der Waals surface area contributed by atoms with Crippen molar-refractivity contribution in [2.75, 3.05) is 6.61 Å². The normalized spacial score (nSPS) is 12.5. The van der Waals surface area contributed by atoms with Crippen LogP contribution in [-0.2, 0) is 0 Å². The smallest absolute Gasteiger partial charge is 0.119 e. The number of rotatable bonds is 5. The van der Waals surface area contributed by atoms with Crippen molar-refractivity contribution in [3.8, 4) is 5.75 Å². The van der Waals surface area contributed by atoms with Crippen molar-refractivity contribution in [1.82, 2.24) is 0 Å². The maximum Gasteiger partial charge on any atom is 0.119 e. The highest BCUT2D eigenvalue weighted by atomic mass is 16.5. The minimum Gasteiger partial charge on any atom is -0.491 e. The van der Waals surface area contributed by atoms with Gasteiger partial charge in [-0.25, -0.2) is 0 Å². The molecule has 0 aliphatic carbocycles. The molecule has 0 fully saturated rings. The summed E-state index contributed by atoms with van der Waals surface area (Å²) in [5.41, 5.74) is 2.38. The second-order valence-electron chi connectivity index (χ2n) is 4.08. The van der Waals surface area contributed by atoms with Gasteiger partial charge in [-0.05, 0) is 43.5 Å². The Hall–Kier alpha value is -1.02. The van der Waals surface area contributed by atoms with Crippen LogP contribution in [0.25, 0.3) is 0 Å². The van der Waals surface area contributed by atoms with Gasteiger partial charge in [-0.2, -0.15) is 0 Å². The minimum atomic E-state index is -0.351. The lowest BCUT2D eigenvalue weighted by Crippen LogP contribution is -2.16. The number of aliphatic hydroxyl groups excluding tert-OH is 1. The topological polar surface area (TPSA) is 29.5 Å². The molecule has 1 aromatic rings. The Balaban J connectivity index is 2.50. The van der Waals surface area contributed by atoms with E-state index in [1.807, 2.05) is 26.0 Å². The van der Waals surface area contributed by atoms with Crippen LogP contribution in [0.2, 0.25) is 0 Å². The number of aryl methyl sites for hydroxylation is 2. The van der Waals surface area contributed by atoms with Gasteiger partial charge in [-0.15, -0.1) is 0 Å². The van der Waals surface area contributed by atoms with Crippen LogP contribution in [0.3, 0.4) is 0 Å². The van der Waals surface area contributed by atoms with Gasteiger partial charge in [0.1, 0.15) is 12.4 Å². The fraction of sp³-hybridized carbons (Fsp3) is 0.538. The molecule has 0 saturated heterocycles. The van der Waals surface area contributed by atoms with Gasteiger partial charge in [-0.3, -0.25) is 0 Å². The maximum absolute atomic E-state index is 9.52. The van der Waals surface area contributed by atoms with Crippen molar-refractivity contribution in [1.29, 1.82) is 0 Å². The summed E-state index contributed by atoms with van der Waals surface area (Å²) in [5, 5.41) is 9.52.